The summed E-state index contributed by atoms with van der Waals surface area (Å²) >= 11 is 0. The van der Waals surface area contributed by atoms with E-state index in [4.69, 9.17) is 15.0 Å². The second-order valence-electron chi connectivity index (χ2n) is 3.29. The molecule has 0 aromatic carbocycles. The molecule has 0 saturated heterocycles. The van der Waals surface area contributed by atoms with Gasteiger partial charge >= 0.3 is 0 Å². The molecule has 7 heteroatoms. The molecule has 86 valence electrons. The molecule has 2 aromatic rings. The van der Waals surface area contributed by atoms with Crippen LogP contribution in [0.2, 0.25) is 0 Å². The molecule has 7 nitrogen and oxygen atoms in total. The van der Waals surface area contributed by atoms with Gasteiger partial charge in [0.25, 0.3) is 5.89 Å². The number of ether oxygens (including phenoxy) is 1. The van der Waals surface area contributed by atoms with Crippen molar-refractivity contribution in [1.82, 2.24) is 20.3 Å². The topological polar surface area (TPSA) is 103 Å². The van der Waals surface area contributed by atoms with Crippen LogP contribution in [0, 0.1) is 0 Å². The van der Waals surface area contributed by atoms with Crippen molar-refractivity contribution in [2.24, 2.45) is 0 Å². The standard InChI is InChI=1S/C9H13N5O2/c1-3-6(15-2)8-12-9(16-14-8)5-4-11-13-7(5)10/h4,6H,3H2,1-2H3,(H3,10,11,13). The lowest BCUT2D eigenvalue weighted by molar-refractivity contribution is 0.0903. The van der Waals surface area contributed by atoms with Crippen LogP contribution >= 0.6 is 0 Å². The number of hydrogen-bond donors (Lipinski definition) is 2. The second kappa shape index (κ2) is 4.31. The highest BCUT2D eigenvalue weighted by atomic mass is 16.5. The number of rotatable bonds is 4. The molecular weight excluding hydrogens is 210 g/mol. The molecule has 1 unspecified atom stereocenters. The maximum absolute atomic E-state index is 5.65. The summed E-state index contributed by atoms with van der Waals surface area (Å²) in [4.78, 5) is 4.21. The summed E-state index contributed by atoms with van der Waals surface area (Å²) in [6.45, 7) is 1.98. The molecule has 0 aliphatic carbocycles. The lowest BCUT2D eigenvalue weighted by Gasteiger charge is -2.05. The van der Waals surface area contributed by atoms with Crippen molar-refractivity contribution in [3.63, 3.8) is 0 Å². The van der Waals surface area contributed by atoms with Gasteiger partial charge in [-0.3, -0.25) is 5.10 Å². The number of H-pyrrole nitrogens is 1. The van der Waals surface area contributed by atoms with Gasteiger partial charge < -0.3 is 15.0 Å². The summed E-state index contributed by atoms with van der Waals surface area (Å²) in [7, 11) is 1.61. The number of aromatic amines is 1. The zero-order valence-electron chi connectivity index (χ0n) is 9.10. The van der Waals surface area contributed by atoms with Crippen LogP contribution in [0.1, 0.15) is 25.3 Å². The highest BCUT2D eigenvalue weighted by molar-refractivity contribution is 5.65. The number of aromatic nitrogens is 4. The molecule has 2 aromatic heterocycles. The third kappa shape index (κ3) is 1.76. The fourth-order valence-corrected chi connectivity index (χ4v) is 1.40. The predicted molar refractivity (Wildman–Crippen MR) is 56.3 cm³/mol. The van der Waals surface area contributed by atoms with Gasteiger partial charge in [-0.25, -0.2) is 0 Å². The second-order valence-corrected chi connectivity index (χ2v) is 3.29. The quantitative estimate of drug-likeness (QED) is 0.805. The highest BCUT2D eigenvalue weighted by Crippen LogP contribution is 2.24. The van der Waals surface area contributed by atoms with Crippen molar-refractivity contribution in [1.29, 1.82) is 0 Å². The molecule has 0 bridgehead atoms. The van der Waals surface area contributed by atoms with Crippen molar-refractivity contribution < 1.29 is 9.26 Å². The monoisotopic (exact) mass is 223 g/mol. The van der Waals surface area contributed by atoms with Crippen molar-refractivity contribution in [3.05, 3.63) is 12.0 Å². The third-order valence-electron chi connectivity index (χ3n) is 2.28. The van der Waals surface area contributed by atoms with E-state index in [9.17, 15) is 0 Å². The number of anilines is 1. The van der Waals surface area contributed by atoms with Crippen molar-refractivity contribution >= 4 is 5.82 Å². The van der Waals surface area contributed by atoms with E-state index in [2.05, 4.69) is 20.3 Å². The Kier molecular flexibility index (Phi) is 2.86. The van der Waals surface area contributed by atoms with E-state index in [0.717, 1.165) is 6.42 Å². The summed E-state index contributed by atoms with van der Waals surface area (Å²) in [5.41, 5.74) is 6.25. The largest absolute Gasteiger partial charge is 0.383 e. The minimum atomic E-state index is -0.161. The zero-order chi connectivity index (χ0) is 11.5. The van der Waals surface area contributed by atoms with E-state index >= 15 is 0 Å². The Morgan fingerprint density at radius 2 is 2.44 bits per heavy atom. The van der Waals surface area contributed by atoms with Gasteiger partial charge in [-0.1, -0.05) is 12.1 Å². The van der Waals surface area contributed by atoms with E-state index in [0.29, 0.717) is 23.1 Å². The maximum atomic E-state index is 5.65. The summed E-state index contributed by atoms with van der Waals surface area (Å²) < 4.78 is 10.3. The van der Waals surface area contributed by atoms with Crippen LogP contribution in [-0.4, -0.2) is 27.4 Å². The smallest absolute Gasteiger partial charge is 0.263 e. The first kappa shape index (κ1) is 10.6. The molecule has 0 radical (unpaired) electrons. The Labute approximate surface area is 92.0 Å². The predicted octanol–water partition coefficient (Wildman–Crippen LogP) is 1.14. The number of hydrogen-bond acceptors (Lipinski definition) is 6. The van der Waals surface area contributed by atoms with Crippen LogP contribution < -0.4 is 5.73 Å². The van der Waals surface area contributed by atoms with E-state index in [1.165, 1.54) is 0 Å². The maximum Gasteiger partial charge on any atom is 0.263 e. The minimum Gasteiger partial charge on any atom is -0.383 e. The summed E-state index contributed by atoms with van der Waals surface area (Å²) in [6.07, 6.45) is 2.15. The highest BCUT2D eigenvalue weighted by Gasteiger charge is 2.18. The van der Waals surface area contributed by atoms with E-state index in [1.54, 1.807) is 13.3 Å². The van der Waals surface area contributed by atoms with Crippen molar-refractivity contribution in [2.45, 2.75) is 19.4 Å². The van der Waals surface area contributed by atoms with Gasteiger partial charge in [0.05, 0.1) is 6.20 Å². The first-order valence-electron chi connectivity index (χ1n) is 4.91. The Hall–Kier alpha value is -1.89. The summed E-state index contributed by atoms with van der Waals surface area (Å²) in [5, 5.41) is 10.2. The molecular formula is C9H13N5O2. The minimum absolute atomic E-state index is 0.161. The van der Waals surface area contributed by atoms with Gasteiger partial charge in [-0.15, -0.1) is 0 Å². The molecule has 2 rings (SSSR count). The van der Waals surface area contributed by atoms with Gasteiger partial charge in [0.2, 0.25) is 5.82 Å². The normalized spacial score (nSPS) is 12.9. The number of nitrogens with two attached hydrogens (primary N) is 1. The SMILES string of the molecule is CCC(OC)c1noc(-c2cn[nH]c2N)n1. The molecule has 0 spiro atoms. The molecule has 0 aliphatic rings. The average Bonchev–Trinajstić information content (AvgIpc) is 2.89. The number of nitrogens with one attached hydrogen (secondary N) is 1. The van der Waals surface area contributed by atoms with Crippen LogP contribution in [0.5, 0.6) is 0 Å². The molecule has 3 N–H and O–H groups in total. The molecule has 0 aliphatic heterocycles. The van der Waals surface area contributed by atoms with Crippen LogP contribution in [0.25, 0.3) is 11.5 Å². The van der Waals surface area contributed by atoms with Gasteiger partial charge in [0.1, 0.15) is 17.5 Å². The fourth-order valence-electron chi connectivity index (χ4n) is 1.40. The Bertz CT molecular complexity index is 460. The Morgan fingerprint density at radius 3 is 3.00 bits per heavy atom. The first-order valence-corrected chi connectivity index (χ1v) is 4.91. The lowest BCUT2D eigenvalue weighted by Crippen LogP contribution is -2.01. The molecule has 1 atom stereocenters. The number of nitrogen functional groups attached to an aromatic ring is 1. The van der Waals surface area contributed by atoms with Crippen molar-refractivity contribution in [3.8, 4) is 11.5 Å². The number of nitrogens with zero attached hydrogens (tertiary/aromatic N) is 3. The third-order valence-corrected chi connectivity index (χ3v) is 2.28. The molecule has 0 amide bonds. The van der Waals surface area contributed by atoms with Crippen LogP contribution in [0.3, 0.4) is 0 Å². The lowest BCUT2D eigenvalue weighted by atomic mass is 10.2. The van der Waals surface area contributed by atoms with Crippen LogP contribution in [-0.2, 0) is 4.74 Å². The molecule has 0 saturated carbocycles. The Balaban J connectivity index is 2.29. The van der Waals surface area contributed by atoms with Crippen LogP contribution in [0.15, 0.2) is 10.7 Å². The molecule has 2 heterocycles. The van der Waals surface area contributed by atoms with E-state index in [1.807, 2.05) is 6.92 Å². The van der Waals surface area contributed by atoms with E-state index in [-0.39, 0.29) is 6.10 Å². The first-order chi connectivity index (χ1) is 7.76. The van der Waals surface area contributed by atoms with Crippen LogP contribution in [0.4, 0.5) is 5.82 Å². The van der Waals surface area contributed by atoms with Crippen molar-refractivity contribution in [2.75, 3.05) is 12.8 Å². The number of methoxy groups -OCH3 is 1. The zero-order valence-corrected chi connectivity index (χ0v) is 9.10. The average molecular weight is 223 g/mol. The fraction of sp³-hybridized carbons (Fsp3) is 0.444. The Morgan fingerprint density at radius 1 is 1.62 bits per heavy atom. The van der Waals surface area contributed by atoms with Gasteiger partial charge in [-0.05, 0) is 6.42 Å². The van der Waals surface area contributed by atoms with Gasteiger partial charge in [0.15, 0.2) is 0 Å². The van der Waals surface area contributed by atoms with Gasteiger partial charge in [0, 0.05) is 7.11 Å². The summed E-state index contributed by atoms with van der Waals surface area (Å²) in [5.74, 6) is 1.26. The molecule has 16 heavy (non-hydrogen) atoms. The van der Waals surface area contributed by atoms with Gasteiger partial charge in [-0.2, -0.15) is 10.1 Å². The van der Waals surface area contributed by atoms with E-state index < -0.39 is 0 Å². The summed E-state index contributed by atoms with van der Waals surface area (Å²) in [6, 6.07) is 0. The molecule has 0 fully saturated rings.